The highest BCUT2D eigenvalue weighted by Crippen LogP contribution is 2.28. The van der Waals surface area contributed by atoms with E-state index in [9.17, 15) is 0 Å². The van der Waals surface area contributed by atoms with E-state index >= 15 is 0 Å². The van der Waals surface area contributed by atoms with E-state index in [0.29, 0.717) is 29.0 Å². The topological polar surface area (TPSA) is 69.6 Å². The minimum Gasteiger partial charge on any atom is -0.420 e. The lowest BCUT2D eigenvalue weighted by Crippen LogP contribution is -2.04. The first kappa shape index (κ1) is 20.5. The molecule has 8 heteroatoms. The molecule has 5 aromatic rings. The van der Waals surface area contributed by atoms with E-state index in [1.165, 1.54) is 11.8 Å². The van der Waals surface area contributed by atoms with E-state index in [1.807, 2.05) is 77.4 Å². The summed E-state index contributed by atoms with van der Waals surface area (Å²) in [6, 6.07) is 27.6. The number of benzene rings is 3. The molecule has 0 aliphatic rings. The van der Waals surface area contributed by atoms with Gasteiger partial charge in [-0.3, -0.25) is 4.57 Å². The van der Waals surface area contributed by atoms with E-state index in [4.69, 9.17) is 16.0 Å². The predicted octanol–water partition coefficient (Wildman–Crippen LogP) is 5.85. The first-order valence-electron chi connectivity index (χ1n) is 10.0. The van der Waals surface area contributed by atoms with Gasteiger partial charge in [0.1, 0.15) is 5.82 Å². The van der Waals surface area contributed by atoms with Gasteiger partial charge in [0.2, 0.25) is 11.8 Å². The Kier molecular flexibility index (Phi) is 6.00. The summed E-state index contributed by atoms with van der Waals surface area (Å²) in [4.78, 5) is 0. The van der Waals surface area contributed by atoms with Crippen LogP contribution >= 0.6 is 23.4 Å². The van der Waals surface area contributed by atoms with Gasteiger partial charge in [0.05, 0.1) is 5.75 Å². The second kappa shape index (κ2) is 9.38. The van der Waals surface area contributed by atoms with Crippen LogP contribution in [0.4, 0.5) is 0 Å². The van der Waals surface area contributed by atoms with Crippen LogP contribution in [0.1, 0.15) is 17.3 Å². The van der Waals surface area contributed by atoms with Gasteiger partial charge in [-0.15, -0.1) is 20.4 Å². The third kappa shape index (κ3) is 4.59. The Morgan fingerprint density at radius 1 is 0.781 bits per heavy atom. The highest BCUT2D eigenvalue weighted by atomic mass is 35.5. The number of rotatable bonds is 7. The molecule has 0 aliphatic heterocycles. The molecule has 0 fully saturated rings. The zero-order chi connectivity index (χ0) is 21.8. The Morgan fingerprint density at radius 3 is 2.25 bits per heavy atom. The number of nitrogens with zero attached hydrogens (tertiary/aromatic N) is 5. The molecule has 158 valence electrons. The molecule has 0 aliphatic carbocycles. The fourth-order valence-electron chi connectivity index (χ4n) is 3.27. The molecule has 0 unspecified atom stereocenters. The Bertz CT molecular complexity index is 1300. The standard InChI is InChI=1S/C24H18ClN5OS/c25-19-11-13-20(14-12-19)30-21(15-17-7-3-1-4-8-17)26-29-24(30)32-16-22-27-28-23(31-22)18-9-5-2-6-10-18/h1-14H,15-16H2. The summed E-state index contributed by atoms with van der Waals surface area (Å²) in [5.41, 5.74) is 3.00. The Labute approximate surface area is 194 Å². The van der Waals surface area contributed by atoms with Crippen molar-refractivity contribution >= 4 is 23.4 Å². The molecular formula is C24H18ClN5OS. The molecule has 0 saturated heterocycles. The molecule has 32 heavy (non-hydrogen) atoms. The van der Waals surface area contributed by atoms with Crippen LogP contribution in [0.2, 0.25) is 5.02 Å². The Hall–Kier alpha value is -3.42. The average Bonchev–Trinajstić information content (AvgIpc) is 3.47. The van der Waals surface area contributed by atoms with Crippen LogP contribution in [0.15, 0.2) is 94.5 Å². The van der Waals surface area contributed by atoms with E-state index in [2.05, 4.69) is 32.5 Å². The van der Waals surface area contributed by atoms with Gasteiger partial charge < -0.3 is 4.42 Å². The van der Waals surface area contributed by atoms with Gasteiger partial charge in [-0.2, -0.15) is 0 Å². The van der Waals surface area contributed by atoms with E-state index in [-0.39, 0.29) is 0 Å². The smallest absolute Gasteiger partial charge is 0.247 e. The van der Waals surface area contributed by atoms with Gasteiger partial charge in [0.15, 0.2) is 5.16 Å². The molecule has 2 heterocycles. The van der Waals surface area contributed by atoms with Crippen LogP contribution in [0.5, 0.6) is 0 Å². The highest BCUT2D eigenvalue weighted by Gasteiger charge is 2.17. The molecule has 0 N–H and O–H groups in total. The number of hydrogen-bond donors (Lipinski definition) is 0. The van der Waals surface area contributed by atoms with Gasteiger partial charge in [-0.25, -0.2) is 0 Å². The second-order valence-electron chi connectivity index (χ2n) is 7.03. The zero-order valence-corrected chi connectivity index (χ0v) is 18.5. The van der Waals surface area contributed by atoms with Crippen molar-refractivity contribution in [3.63, 3.8) is 0 Å². The number of hydrogen-bond acceptors (Lipinski definition) is 6. The largest absolute Gasteiger partial charge is 0.420 e. The third-order valence-corrected chi connectivity index (χ3v) is 5.97. The minimum absolute atomic E-state index is 0.483. The lowest BCUT2D eigenvalue weighted by atomic mass is 10.1. The molecular weight excluding hydrogens is 442 g/mol. The van der Waals surface area contributed by atoms with Crippen molar-refractivity contribution in [2.45, 2.75) is 17.3 Å². The van der Waals surface area contributed by atoms with Gasteiger partial charge in [0, 0.05) is 22.7 Å². The Balaban J connectivity index is 1.41. The number of aromatic nitrogens is 5. The lowest BCUT2D eigenvalue weighted by molar-refractivity contribution is 0.528. The van der Waals surface area contributed by atoms with Crippen molar-refractivity contribution in [1.29, 1.82) is 0 Å². The maximum Gasteiger partial charge on any atom is 0.247 e. The van der Waals surface area contributed by atoms with Crippen molar-refractivity contribution in [2.24, 2.45) is 0 Å². The average molecular weight is 460 g/mol. The van der Waals surface area contributed by atoms with Gasteiger partial charge in [0.25, 0.3) is 0 Å². The first-order valence-corrected chi connectivity index (χ1v) is 11.4. The number of halogens is 1. The molecule has 3 aromatic carbocycles. The molecule has 0 amide bonds. The highest BCUT2D eigenvalue weighted by molar-refractivity contribution is 7.98. The SMILES string of the molecule is Clc1ccc(-n2c(Cc3ccccc3)nnc2SCc2nnc(-c3ccccc3)o2)cc1. The summed E-state index contributed by atoms with van der Waals surface area (Å²) < 4.78 is 7.88. The summed E-state index contributed by atoms with van der Waals surface area (Å²) in [6.07, 6.45) is 0.662. The molecule has 0 saturated carbocycles. The molecule has 0 spiro atoms. The monoisotopic (exact) mass is 459 g/mol. The van der Waals surface area contributed by atoms with Crippen molar-refractivity contribution in [1.82, 2.24) is 25.0 Å². The maximum absolute atomic E-state index is 6.10. The fraction of sp³-hybridized carbons (Fsp3) is 0.0833. The molecule has 5 rings (SSSR count). The minimum atomic E-state index is 0.483. The van der Waals surface area contributed by atoms with Crippen LogP contribution in [0.25, 0.3) is 17.1 Å². The van der Waals surface area contributed by atoms with Crippen LogP contribution in [0.3, 0.4) is 0 Å². The van der Waals surface area contributed by atoms with Crippen LogP contribution in [0, 0.1) is 0 Å². The van der Waals surface area contributed by atoms with Gasteiger partial charge >= 0.3 is 0 Å². The van der Waals surface area contributed by atoms with Gasteiger partial charge in [-0.05, 0) is 42.0 Å². The normalized spacial score (nSPS) is 11.0. The number of thioether (sulfide) groups is 1. The third-order valence-electron chi connectivity index (χ3n) is 4.80. The van der Waals surface area contributed by atoms with Crippen molar-refractivity contribution in [3.8, 4) is 17.1 Å². The van der Waals surface area contributed by atoms with Crippen molar-refractivity contribution < 1.29 is 4.42 Å². The van der Waals surface area contributed by atoms with Crippen LogP contribution < -0.4 is 0 Å². The van der Waals surface area contributed by atoms with Crippen molar-refractivity contribution in [2.75, 3.05) is 0 Å². The quantitative estimate of drug-likeness (QED) is 0.284. The zero-order valence-electron chi connectivity index (χ0n) is 16.9. The second-order valence-corrected chi connectivity index (χ2v) is 8.41. The maximum atomic E-state index is 6.10. The van der Waals surface area contributed by atoms with E-state index < -0.39 is 0 Å². The summed E-state index contributed by atoms with van der Waals surface area (Å²) in [5, 5.41) is 18.7. The Morgan fingerprint density at radius 2 is 1.50 bits per heavy atom. The van der Waals surface area contributed by atoms with E-state index in [0.717, 1.165) is 27.8 Å². The molecule has 0 radical (unpaired) electrons. The van der Waals surface area contributed by atoms with Gasteiger partial charge in [-0.1, -0.05) is 71.9 Å². The first-order chi connectivity index (χ1) is 15.8. The van der Waals surface area contributed by atoms with Crippen LogP contribution in [-0.4, -0.2) is 25.0 Å². The van der Waals surface area contributed by atoms with Crippen molar-refractivity contribution in [3.05, 3.63) is 107 Å². The summed E-state index contributed by atoms with van der Waals surface area (Å²) in [6.45, 7) is 0. The summed E-state index contributed by atoms with van der Waals surface area (Å²) in [7, 11) is 0. The molecule has 2 aromatic heterocycles. The fourth-order valence-corrected chi connectivity index (χ4v) is 4.21. The summed E-state index contributed by atoms with van der Waals surface area (Å²) in [5.74, 6) is 2.36. The van der Waals surface area contributed by atoms with Crippen LogP contribution in [-0.2, 0) is 12.2 Å². The molecule has 0 atom stereocenters. The van der Waals surface area contributed by atoms with E-state index in [1.54, 1.807) is 0 Å². The summed E-state index contributed by atoms with van der Waals surface area (Å²) >= 11 is 7.60. The molecule has 6 nitrogen and oxygen atoms in total. The lowest BCUT2D eigenvalue weighted by Gasteiger charge is -2.10. The predicted molar refractivity (Wildman–Crippen MR) is 125 cm³/mol. The molecule has 0 bridgehead atoms.